The fourth-order valence-corrected chi connectivity index (χ4v) is 4.14. The van der Waals surface area contributed by atoms with Crippen LogP contribution in [0, 0.1) is 0 Å². The van der Waals surface area contributed by atoms with Gasteiger partial charge in [0.05, 0.1) is 0 Å². The minimum Gasteiger partial charge on any atom is -0.354 e. The van der Waals surface area contributed by atoms with Gasteiger partial charge in [0.15, 0.2) is 11.2 Å². The van der Waals surface area contributed by atoms with E-state index in [-0.39, 0.29) is 23.0 Å². The predicted molar refractivity (Wildman–Crippen MR) is 129 cm³/mol. The van der Waals surface area contributed by atoms with Crippen molar-refractivity contribution in [2.24, 2.45) is 0 Å². The summed E-state index contributed by atoms with van der Waals surface area (Å²) in [5.74, 6) is 0.914. The van der Waals surface area contributed by atoms with Crippen molar-refractivity contribution in [3.63, 3.8) is 0 Å². The van der Waals surface area contributed by atoms with E-state index in [9.17, 15) is 9.59 Å². The molecule has 0 aromatic carbocycles. The van der Waals surface area contributed by atoms with Gasteiger partial charge in [-0.05, 0) is 55.1 Å². The van der Waals surface area contributed by atoms with Gasteiger partial charge < -0.3 is 14.1 Å². The first-order chi connectivity index (χ1) is 17.1. The summed E-state index contributed by atoms with van der Waals surface area (Å²) in [6, 6.07) is 9.38. The van der Waals surface area contributed by atoms with Gasteiger partial charge in [0.2, 0.25) is 17.0 Å². The van der Waals surface area contributed by atoms with Gasteiger partial charge in [-0.2, -0.15) is 9.97 Å². The van der Waals surface area contributed by atoms with Crippen molar-refractivity contribution < 1.29 is 4.52 Å². The van der Waals surface area contributed by atoms with Crippen molar-refractivity contribution >= 4 is 22.8 Å². The smallest absolute Gasteiger partial charge is 0.332 e. The third-order valence-electron chi connectivity index (χ3n) is 5.68. The Balaban J connectivity index is 1.27. The molecule has 0 fully saturated rings. The molecule has 0 spiro atoms. The minimum absolute atomic E-state index is 0.0773. The summed E-state index contributed by atoms with van der Waals surface area (Å²) >= 11 is 6.03. The number of pyridine rings is 1. The molecule has 5 aromatic rings. The monoisotopic (exact) mass is 494 g/mol. The number of aromatic amines is 1. The zero-order valence-corrected chi connectivity index (χ0v) is 19.6. The average molecular weight is 495 g/mol. The van der Waals surface area contributed by atoms with Gasteiger partial charge in [-0.15, -0.1) is 0 Å². The van der Waals surface area contributed by atoms with Crippen LogP contribution in [0.5, 0.6) is 0 Å². The SMILES string of the molecule is O=c1c2[nH]c(Cl)nc2n(CCCn2cccc2)c(=O)n1CCCCc1nc(-c2ccccn2)no1. The number of imidazole rings is 1. The second-order valence-electron chi connectivity index (χ2n) is 8.08. The van der Waals surface area contributed by atoms with Crippen LogP contribution in [0.25, 0.3) is 22.7 Å². The Morgan fingerprint density at radius 1 is 0.943 bits per heavy atom. The molecule has 0 unspecified atom stereocenters. The molecule has 180 valence electrons. The molecule has 0 atom stereocenters. The highest BCUT2D eigenvalue weighted by atomic mass is 35.5. The van der Waals surface area contributed by atoms with Crippen LogP contribution in [0.4, 0.5) is 0 Å². The summed E-state index contributed by atoms with van der Waals surface area (Å²) in [4.78, 5) is 41.7. The highest BCUT2D eigenvalue weighted by Crippen LogP contribution is 2.14. The maximum atomic E-state index is 13.2. The van der Waals surface area contributed by atoms with Crippen LogP contribution in [0.15, 0.2) is 63.0 Å². The van der Waals surface area contributed by atoms with Gasteiger partial charge in [-0.3, -0.25) is 18.9 Å². The molecule has 0 bridgehead atoms. The molecule has 0 aliphatic rings. The number of H-pyrrole nitrogens is 1. The maximum Gasteiger partial charge on any atom is 0.332 e. The number of nitrogens with one attached hydrogen (secondary N) is 1. The minimum atomic E-state index is -0.429. The van der Waals surface area contributed by atoms with E-state index in [2.05, 4.69) is 25.1 Å². The molecule has 11 nitrogen and oxygen atoms in total. The third kappa shape index (κ3) is 4.94. The topological polar surface area (TPSA) is 129 Å². The number of aromatic nitrogens is 8. The van der Waals surface area contributed by atoms with Crippen LogP contribution in [-0.2, 0) is 26.1 Å². The van der Waals surface area contributed by atoms with Gasteiger partial charge in [-0.1, -0.05) is 11.2 Å². The second kappa shape index (κ2) is 10.1. The molecule has 0 aliphatic heterocycles. The number of aryl methyl sites for hydroxylation is 3. The Bertz CT molecular complexity index is 1530. The Kier molecular flexibility index (Phi) is 6.57. The summed E-state index contributed by atoms with van der Waals surface area (Å²) in [6.45, 7) is 1.40. The fraction of sp³-hybridized carbons (Fsp3) is 0.304. The lowest BCUT2D eigenvalue weighted by molar-refractivity contribution is 0.372. The molecule has 5 rings (SSSR count). The molecule has 35 heavy (non-hydrogen) atoms. The lowest BCUT2D eigenvalue weighted by atomic mass is 10.2. The molecule has 1 N–H and O–H groups in total. The standard InChI is InChI=1S/C23H23ClN8O3/c24-22-27-18-20(28-22)31(15-7-13-30-11-5-6-12-30)23(34)32(21(18)33)14-4-2-9-17-26-19(29-35-17)16-8-1-3-10-25-16/h1,3,5-6,8,10-12H,2,4,7,9,13-15H2,(H,27,28). The second-order valence-corrected chi connectivity index (χ2v) is 8.43. The molecule has 0 saturated heterocycles. The van der Waals surface area contributed by atoms with Gasteiger partial charge >= 0.3 is 5.69 Å². The number of fused-ring (bicyclic) bond motifs is 1. The van der Waals surface area contributed by atoms with E-state index in [1.54, 1.807) is 6.20 Å². The molecule has 0 amide bonds. The van der Waals surface area contributed by atoms with E-state index >= 15 is 0 Å². The number of halogens is 1. The zero-order chi connectivity index (χ0) is 24.2. The molecule has 5 heterocycles. The van der Waals surface area contributed by atoms with Crippen LogP contribution >= 0.6 is 11.6 Å². The van der Waals surface area contributed by atoms with Crippen LogP contribution in [0.2, 0.25) is 5.28 Å². The number of nitrogens with zero attached hydrogens (tertiary/aromatic N) is 7. The van der Waals surface area contributed by atoms with Crippen LogP contribution in [0.1, 0.15) is 25.2 Å². The lowest BCUT2D eigenvalue weighted by Gasteiger charge is -2.11. The van der Waals surface area contributed by atoms with E-state index in [4.69, 9.17) is 16.1 Å². The normalized spacial score (nSPS) is 11.5. The summed E-state index contributed by atoms with van der Waals surface area (Å²) in [7, 11) is 0. The fourth-order valence-electron chi connectivity index (χ4n) is 3.97. The molecular formula is C23H23ClN8O3. The molecular weight excluding hydrogens is 472 g/mol. The van der Waals surface area contributed by atoms with E-state index in [1.807, 2.05) is 47.3 Å². The van der Waals surface area contributed by atoms with Crippen molar-refractivity contribution in [1.82, 2.24) is 38.8 Å². The Hall–Kier alpha value is -3.99. The number of rotatable bonds is 10. The van der Waals surface area contributed by atoms with Crippen molar-refractivity contribution in [3.05, 3.63) is 80.9 Å². The zero-order valence-electron chi connectivity index (χ0n) is 18.8. The molecule has 0 aliphatic carbocycles. The van der Waals surface area contributed by atoms with Crippen molar-refractivity contribution in [3.8, 4) is 11.5 Å². The number of hydrogen-bond acceptors (Lipinski definition) is 7. The van der Waals surface area contributed by atoms with Crippen molar-refractivity contribution in [2.45, 2.75) is 45.3 Å². The highest BCUT2D eigenvalue weighted by molar-refractivity contribution is 6.28. The van der Waals surface area contributed by atoms with E-state index in [0.717, 1.165) is 6.54 Å². The lowest BCUT2D eigenvalue weighted by Crippen LogP contribution is -2.40. The summed E-state index contributed by atoms with van der Waals surface area (Å²) in [6.07, 6.45) is 8.05. The average Bonchev–Trinajstić information content (AvgIpc) is 3.63. The van der Waals surface area contributed by atoms with Crippen LogP contribution in [-0.4, -0.2) is 38.8 Å². The maximum absolute atomic E-state index is 13.2. The Morgan fingerprint density at radius 3 is 2.57 bits per heavy atom. The van der Waals surface area contributed by atoms with Gasteiger partial charge in [0.25, 0.3) is 5.56 Å². The number of unbranched alkanes of at least 4 members (excludes halogenated alkanes) is 1. The van der Waals surface area contributed by atoms with Crippen molar-refractivity contribution in [1.29, 1.82) is 0 Å². The molecule has 12 heteroatoms. The highest BCUT2D eigenvalue weighted by Gasteiger charge is 2.17. The largest absolute Gasteiger partial charge is 0.354 e. The molecule has 0 saturated carbocycles. The quantitative estimate of drug-likeness (QED) is 0.233. The van der Waals surface area contributed by atoms with Crippen LogP contribution < -0.4 is 11.2 Å². The Labute approximate surface area is 204 Å². The summed E-state index contributed by atoms with van der Waals surface area (Å²) in [5, 5.41) is 4.04. The van der Waals surface area contributed by atoms with E-state index in [1.165, 1.54) is 9.13 Å². The molecule has 5 aromatic heterocycles. The summed E-state index contributed by atoms with van der Waals surface area (Å²) < 4.78 is 10.1. The van der Waals surface area contributed by atoms with Gasteiger partial charge in [0.1, 0.15) is 5.69 Å². The van der Waals surface area contributed by atoms with E-state index < -0.39 is 11.2 Å². The van der Waals surface area contributed by atoms with Crippen molar-refractivity contribution in [2.75, 3.05) is 0 Å². The first kappa shape index (κ1) is 22.8. The van der Waals surface area contributed by atoms with Gasteiger partial charge in [0, 0.05) is 44.6 Å². The predicted octanol–water partition coefficient (Wildman–Crippen LogP) is 2.90. The van der Waals surface area contributed by atoms with Crippen LogP contribution in [0.3, 0.4) is 0 Å². The first-order valence-electron chi connectivity index (χ1n) is 11.3. The Morgan fingerprint density at radius 2 is 1.77 bits per heavy atom. The first-order valence-corrected chi connectivity index (χ1v) is 11.7. The third-order valence-corrected chi connectivity index (χ3v) is 5.86. The molecule has 0 radical (unpaired) electrons. The number of hydrogen-bond donors (Lipinski definition) is 1. The summed E-state index contributed by atoms with van der Waals surface area (Å²) in [5.41, 5.74) is 0.321. The van der Waals surface area contributed by atoms with Gasteiger partial charge in [-0.25, -0.2) is 4.79 Å². The van der Waals surface area contributed by atoms with E-state index in [0.29, 0.717) is 49.6 Å².